The smallest absolute Gasteiger partial charge is 0.258 e. The molecule has 3 atom stereocenters. The number of aliphatic imine (C=N–C) groups is 2. The minimum absolute atomic E-state index is 0.104. The number of nitrogens with one attached hydrogen (secondary N) is 2. The van der Waals surface area contributed by atoms with Crippen LogP contribution < -0.4 is 16.4 Å². The largest absolute Gasteiger partial charge is 0.369 e. The van der Waals surface area contributed by atoms with Gasteiger partial charge in [-0.3, -0.25) is 20.4 Å². The number of carbonyl (C=O) groups is 1. The van der Waals surface area contributed by atoms with Crippen LogP contribution in [0.3, 0.4) is 0 Å². The molecule has 15 heavy (non-hydrogen) atoms. The molecule has 0 fully saturated rings. The zero-order valence-corrected chi connectivity index (χ0v) is 8.48. The fourth-order valence-corrected chi connectivity index (χ4v) is 1.65. The molecule has 3 unspecified atom stereocenters. The molecule has 1 amide bonds. The van der Waals surface area contributed by atoms with Crippen LogP contribution in [0.2, 0.25) is 0 Å². The third kappa shape index (κ3) is 1.49. The molecular formula is C8H13N5O2. The Hall–Kier alpha value is -1.47. The minimum Gasteiger partial charge on any atom is -0.369 e. The van der Waals surface area contributed by atoms with Crippen LogP contribution >= 0.6 is 0 Å². The van der Waals surface area contributed by atoms with E-state index in [0.717, 1.165) is 5.71 Å². The number of fused-ring (bicyclic) bond motifs is 1. The summed E-state index contributed by atoms with van der Waals surface area (Å²) in [4.78, 5) is 19.4. The number of carbonyl (C=O) groups excluding carboxylic acids is 1. The van der Waals surface area contributed by atoms with E-state index in [1.807, 2.05) is 6.92 Å². The maximum Gasteiger partial charge on any atom is 0.258 e. The standard InChI is InChI=1S/C8H13N5O2/c1-3-4(2)12-8(15)5(10-3)6(14)11-7(9)13-8/h4-5,12,15H,1-2H3,(H3,9,11,13,14). The predicted octanol–water partition coefficient (Wildman–Crippen LogP) is -2.10. The van der Waals surface area contributed by atoms with Crippen LogP contribution in [0.25, 0.3) is 0 Å². The average Bonchev–Trinajstić information content (AvgIpc) is 2.08. The van der Waals surface area contributed by atoms with Crippen LogP contribution in [0.15, 0.2) is 9.98 Å². The summed E-state index contributed by atoms with van der Waals surface area (Å²) in [6, 6.07) is -1.12. The first-order chi connectivity index (χ1) is 6.92. The first kappa shape index (κ1) is 10.1. The van der Waals surface area contributed by atoms with E-state index in [2.05, 4.69) is 20.6 Å². The lowest BCUT2D eigenvalue weighted by atomic mass is 10.0. The number of amides is 1. The molecule has 0 saturated carbocycles. The Kier molecular flexibility index (Phi) is 2.02. The third-order valence-electron chi connectivity index (χ3n) is 2.56. The van der Waals surface area contributed by atoms with Crippen LogP contribution in [0.5, 0.6) is 0 Å². The number of nitrogens with zero attached hydrogens (tertiary/aromatic N) is 2. The first-order valence-electron chi connectivity index (χ1n) is 4.63. The van der Waals surface area contributed by atoms with E-state index < -0.39 is 17.8 Å². The molecule has 0 aliphatic carbocycles. The van der Waals surface area contributed by atoms with Crippen LogP contribution in [0, 0.1) is 0 Å². The fourth-order valence-electron chi connectivity index (χ4n) is 1.65. The van der Waals surface area contributed by atoms with Gasteiger partial charge in [-0.15, -0.1) is 0 Å². The molecule has 7 nitrogen and oxygen atoms in total. The zero-order chi connectivity index (χ0) is 11.2. The van der Waals surface area contributed by atoms with Crippen molar-refractivity contribution in [2.24, 2.45) is 15.7 Å². The Labute approximate surface area is 86.5 Å². The summed E-state index contributed by atoms with van der Waals surface area (Å²) >= 11 is 0. The summed E-state index contributed by atoms with van der Waals surface area (Å²) in [6.45, 7) is 3.61. The molecule has 0 saturated heterocycles. The summed E-state index contributed by atoms with van der Waals surface area (Å²) in [5, 5.41) is 15.2. The molecule has 5 N–H and O–H groups in total. The highest BCUT2D eigenvalue weighted by atomic mass is 16.3. The molecule has 0 aromatic heterocycles. The van der Waals surface area contributed by atoms with E-state index in [1.54, 1.807) is 6.92 Å². The van der Waals surface area contributed by atoms with Gasteiger partial charge in [-0.05, 0) is 13.8 Å². The molecule has 2 aliphatic heterocycles. The van der Waals surface area contributed by atoms with E-state index in [9.17, 15) is 9.90 Å². The second-order valence-electron chi connectivity index (χ2n) is 3.75. The van der Waals surface area contributed by atoms with Gasteiger partial charge in [0, 0.05) is 11.8 Å². The minimum atomic E-state index is -1.72. The summed E-state index contributed by atoms with van der Waals surface area (Å²) in [5.74, 6) is -2.28. The Morgan fingerprint density at radius 3 is 2.93 bits per heavy atom. The van der Waals surface area contributed by atoms with E-state index in [-0.39, 0.29) is 12.0 Å². The van der Waals surface area contributed by atoms with Crippen LogP contribution in [0.1, 0.15) is 13.8 Å². The highest BCUT2D eigenvalue weighted by Gasteiger charge is 2.48. The van der Waals surface area contributed by atoms with Crippen molar-refractivity contribution in [3.63, 3.8) is 0 Å². The van der Waals surface area contributed by atoms with Crippen LogP contribution in [0.4, 0.5) is 0 Å². The maximum absolute atomic E-state index is 11.5. The Bertz CT molecular complexity index is 377. The quantitative estimate of drug-likeness (QED) is 0.367. The lowest BCUT2D eigenvalue weighted by Gasteiger charge is -2.39. The molecule has 0 aromatic carbocycles. The van der Waals surface area contributed by atoms with E-state index in [0.29, 0.717) is 0 Å². The van der Waals surface area contributed by atoms with Crippen molar-refractivity contribution in [3.8, 4) is 0 Å². The van der Waals surface area contributed by atoms with E-state index in [4.69, 9.17) is 5.73 Å². The Balaban J connectivity index is 2.45. The molecule has 0 radical (unpaired) electrons. The second-order valence-corrected chi connectivity index (χ2v) is 3.75. The maximum atomic E-state index is 11.5. The van der Waals surface area contributed by atoms with Gasteiger partial charge >= 0.3 is 0 Å². The molecule has 7 heteroatoms. The second kappa shape index (κ2) is 3.01. The van der Waals surface area contributed by atoms with Gasteiger partial charge in [-0.2, -0.15) is 0 Å². The molecular weight excluding hydrogens is 198 g/mol. The highest BCUT2D eigenvalue weighted by molar-refractivity contribution is 6.03. The van der Waals surface area contributed by atoms with Gasteiger partial charge in [0.1, 0.15) is 0 Å². The molecule has 2 heterocycles. The lowest BCUT2D eigenvalue weighted by molar-refractivity contribution is -0.130. The first-order valence-corrected chi connectivity index (χ1v) is 4.63. The topological polar surface area (TPSA) is 112 Å². The van der Waals surface area contributed by atoms with Crippen molar-refractivity contribution >= 4 is 17.6 Å². The van der Waals surface area contributed by atoms with Gasteiger partial charge < -0.3 is 10.8 Å². The number of rotatable bonds is 0. The van der Waals surface area contributed by atoms with Crippen molar-refractivity contribution in [2.75, 3.05) is 0 Å². The third-order valence-corrected chi connectivity index (χ3v) is 2.56. The van der Waals surface area contributed by atoms with Gasteiger partial charge in [0.2, 0.25) is 5.85 Å². The van der Waals surface area contributed by atoms with Crippen molar-refractivity contribution < 1.29 is 9.90 Å². The SMILES string of the molecule is CC1=NC2C(=O)NC(N)=NC2(O)NC1C. The number of aliphatic hydroxyl groups is 1. The van der Waals surface area contributed by atoms with E-state index >= 15 is 0 Å². The van der Waals surface area contributed by atoms with Crippen molar-refractivity contribution in [1.29, 1.82) is 0 Å². The average molecular weight is 211 g/mol. The summed E-state index contributed by atoms with van der Waals surface area (Å²) in [5.41, 5.74) is 6.11. The van der Waals surface area contributed by atoms with Crippen molar-refractivity contribution in [2.45, 2.75) is 31.8 Å². The molecule has 0 aromatic rings. The number of hydrogen-bond donors (Lipinski definition) is 4. The Morgan fingerprint density at radius 2 is 2.27 bits per heavy atom. The van der Waals surface area contributed by atoms with Crippen molar-refractivity contribution in [3.05, 3.63) is 0 Å². The van der Waals surface area contributed by atoms with Crippen LogP contribution in [-0.4, -0.2) is 40.6 Å². The van der Waals surface area contributed by atoms with Gasteiger partial charge in [0.15, 0.2) is 12.0 Å². The van der Waals surface area contributed by atoms with Gasteiger partial charge in [-0.1, -0.05) is 0 Å². The zero-order valence-electron chi connectivity index (χ0n) is 8.48. The van der Waals surface area contributed by atoms with Crippen molar-refractivity contribution in [1.82, 2.24) is 10.6 Å². The Morgan fingerprint density at radius 1 is 1.60 bits per heavy atom. The highest BCUT2D eigenvalue weighted by Crippen LogP contribution is 2.21. The van der Waals surface area contributed by atoms with E-state index in [1.165, 1.54) is 0 Å². The van der Waals surface area contributed by atoms with Crippen LogP contribution in [-0.2, 0) is 4.79 Å². The summed E-state index contributed by atoms with van der Waals surface area (Å²) < 4.78 is 0. The van der Waals surface area contributed by atoms with Gasteiger partial charge in [0.05, 0.1) is 0 Å². The summed E-state index contributed by atoms with van der Waals surface area (Å²) in [6.07, 6.45) is 0. The normalized spacial score (nSPS) is 40.1. The lowest BCUT2D eigenvalue weighted by Crippen LogP contribution is -2.69. The molecule has 82 valence electrons. The molecule has 0 spiro atoms. The number of nitrogens with two attached hydrogens (primary N) is 1. The summed E-state index contributed by atoms with van der Waals surface area (Å²) in [7, 11) is 0. The van der Waals surface area contributed by atoms with Gasteiger partial charge in [-0.25, -0.2) is 4.99 Å². The number of hydrogen-bond acceptors (Lipinski definition) is 6. The molecule has 0 bridgehead atoms. The molecule has 2 rings (SSSR count). The predicted molar refractivity (Wildman–Crippen MR) is 54.2 cm³/mol. The monoisotopic (exact) mass is 211 g/mol. The molecule has 2 aliphatic rings. The van der Waals surface area contributed by atoms with Gasteiger partial charge in [0.25, 0.3) is 5.91 Å². The number of guanidine groups is 1. The fraction of sp³-hybridized carbons (Fsp3) is 0.625.